The van der Waals surface area contributed by atoms with Crippen LogP contribution in [0.25, 0.3) is 0 Å². The van der Waals surface area contributed by atoms with Gasteiger partial charge in [-0.15, -0.1) is 22.7 Å². The van der Waals surface area contributed by atoms with Crippen LogP contribution in [0.5, 0.6) is 0 Å². The molecule has 5 heteroatoms. The molecule has 108 valence electrons. The summed E-state index contributed by atoms with van der Waals surface area (Å²) >= 11 is 3.20. The molecule has 0 radical (unpaired) electrons. The van der Waals surface area contributed by atoms with Gasteiger partial charge < -0.3 is 5.11 Å². The SMILES string of the molecule is CC(C)(C)c1ccc(C(NCc2cccs2)C(=O)O)s1. The number of carboxylic acid groups (broad SMARTS) is 1. The van der Waals surface area contributed by atoms with Crippen molar-refractivity contribution < 1.29 is 9.90 Å². The van der Waals surface area contributed by atoms with Gasteiger partial charge in [0, 0.05) is 21.2 Å². The lowest BCUT2D eigenvalue weighted by Gasteiger charge is -2.16. The molecule has 1 unspecified atom stereocenters. The smallest absolute Gasteiger partial charge is 0.326 e. The van der Waals surface area contributed by atoms with Gasteiger partial charge in [0.2, 0.25) is 0 Å². The molecule has 2 rings (SSSR count). The number of hydrogen-bond acceptors (Lipinski definition) is 4. The van der Waals surface area contributed by atoms with Gasteiger partial charge in [0.1, 0.15) is 6.04 Å². The fourth-order valence-electron chi connectivity index (χ4n) is 1.84. The van der Waals surface area contributed by atoms with E-state index in [0.717, 1.165) is 9.75 Å². The Labute approximate surface area is 127 Å². The average molecular weight is 309 g/mol. The highest BCUT2D eigenvalue weighted by Crippen LogP contribution is 2.32. The van der Waals surface area contributed by atoms with Crippen LogP contribution < -0.4 is 5.32 Å². The van der Waals surface area contributed by atoms with Crippen molar-refractivity contribution in [1.82, 2.24) is 5.32 Å². The van der Waals surface area contributed by atoms with Crippen LogP contribution in [0.15, 0.2) is 29.6 Å². The second-order valence-electron chi connectivity index (χ2n) is 5.68. The fraction of sp³-hybridized carbons (Fsp3) is 0.400. The van der Waals surface area contributed by atoms with E-state index >= 15 is 0 Å². The number of nitrogens with one attached hydrogen (secondary N) is 1. The molecule has 2 aromatic rings. The predicted molar refractivity (Wildman–Crippen MR) is 84.6 cm³/mol. The molecule has 0 aliphatic carbocycles. The molecule has 0 aliphatic heterocycles. The monoisotopic (exact) mass is 309 g/mol. The van der Waals surface area contributed by atoms with Crippen molar-refractivity contribution in [2.24, 2.45) is 0 Å². The highest BCUT2D eigenvalue weighted by atomic mass is 32.1. The number of rotatable bonds is 5. The topological polar surface area (TPSA) is 49.3 Å². The van der Waals surface area contributed by atoms with Gasteiger partial charge in [0.05, 0.1) is 0 Å². The maximum Gasteiger partial charge on any atom is 0.326 e. The third kappa shape index (κ3) is 3.69. The summed E-state index contributed by atoms with van der Waals surface area (Å²) in [5, 5.41) is 14.5. The molecular weight excluding hydrogens is 290 g/mol. The normalized spacial score (nSPS) is 13.3. The van der Waals surface area contributed by atoms with Crippen LogP contribution in [0.1, 0.15) is 41.4 Å². The number of thiophene rings is 2. The Balaban J connectivity index is 2.12. The lowest BCUT2D eigenvalue weighted by atomic mass is 9.95. The van der Waals surface area contributed by atoms with Crippen LogP contribution in [0, 0.1) is 0 Å². The van der Waals surface area contributed by atoms with E-state index in [9.17, 15) is 9.90 Å². The minimum atomic E-state index is -0.830. The van der Waals surface area contributed by atoms with Crippen molar-refractivity contribution >= 4 is 28.6 Å². The molecule has 3 nitrogen and oxygen atoms in total. The lowest BCUT2D eigenvalue weighted by molar-refractivity contribution is -0.139. The first kappa shape index (κ1) is 15.2. The summed E-state index contributed by atoms with van der Waals surface area (Å²) < 4.78 is 0. The van der Waals surface area contributed by atoms with Crippen molar-refractivity contribution in [3.05, 3.63) is 44.3 Å². The summed E-state index contributed by atoms with van der Waals surface area (Å²) in [6, 6.07) is 7.29. The molecule has 2 N–H and O–H groups in total. The Morgan fingerprint density at radius 1 is 1.35 bits per heavy atom. The van der Waals surface area contributed by atoms with Crippen molar-refractivity contribution in [1.29, 1.82) is 0 Å². The quantitative estimate of drug-likeness (QED) is 0.877. The maximum absolute atomic E-state index is 11.5. The van der Waals surface area contributed by atoms with E-state index in [1.165, 1.54) is 4.88 Å². The molecule has 2 aromatic heterocycles. The third-order valence-electron chi connectivity index (χ3n) is 2.96. The second-order valence-corrected chi connectivity index (χ2v) is 7.83. The molecule has 0 aromatic carbocycles. The standard InChI is InChI=1S/C15H19NO2S2/c1-15(2,3)12-7-6-11(20-12)13(14(17)18)16-9-10-5-4-8-19-10/h4-8,13,16H,9H2,1-3H3,(H,17,18). The third-order valence-corrected chi connectivity index (χ3v) is 5.41. The Hall–Kier alpha value is -1.17. The van der Waals surface area contributed by atoms with Gasteiger partial charge in [-0.3, -0.25) is 10.1 Å². The molecular formula is C15H19NO2S2. The Morgan fingerprint density at radius 2 is 2.10 bits per heavy atom. The van der Waals surface area contributed by atoms with Gasteiger partial charge in [-0.05, 0) is 29.0 Å². The summed E-state index contributed by atoms with van der Waals surface area (Å²) in [4.78, 5) is 14.7. The largest absolute Gasteiger partial charge is 0.480 e. The van der Waals surface area contributed by atoms with E-state index in [0.29, 0.717) is 6.54 Å². The van der Waals surface area contributed by atoms with Crippen molar-refractivity contribution in [2.75, 3.05) is 0 Å². The van der Waals surface area contributed by atoms with E-state index in [2.05, 4.69) is 26.1 Å². The number of carbonyl (C=O) groups is 1. The molecule has 2 heterocycles. The molecule has 1 atom stereocenters. The summed E-state index contributed by atoms with van der Waals surface area (Å²) in [5.74, 6) is -0.830. The number of carboxylic acids is 1. The summed E-state index contributed by atoms with van der Waals surface area (Å²) in [6.07, 6.45) is 0. The van der Waals surface area contributed by atoms with Crippen LogP contribution in [-0.4, -0.2) is 11.1 Å². The molecule has 0 fully saturated rings. The Kier molecular flexibility index (Phi) is 4.62. The van der Waals surface area contributed by atoms with Crippen LogP contribution in [-0.2, 0) is 16.8 Å². The maximum atomic E-state index is 11.5. The van der Waals surface area contributed by atoms with E-state index in [4.69, 9.17) is 0 Å². The minimum absolute atomic E-state index is 0.0553. The molecule has 0 saturated heterocycles. The van der Waals surface area contributed by atoms with Crippen molar-refractivity contribution in [2.45, 2.75) is 38.8 Å². The van der Waals surface area contributed by atoms with Crippen LogP contribution in [0.2, 0.25) is 0 Å². The van der Waals surface area contributed by atoms with Crippen LogP contribution in [0.4, 0.5) is 0 Å². The van der Waals surface area contributed by atoms with Gasteiger partial charge in [-0.25, -0.2) is 0 Å². The van der Waals surface area contributed by atoms with Gasteiger partial charge in [0.25, 0.3) is 0 Å². The average Bonchev–Trinajstić information content (AvgIpc) is 2.97. The van der Waals surface area contributed by atoms with E-state index < -0.39 is 12.0 Å². The van der Waals surface area contributed by atoms with Crippen molar-refractivity contribution in [3.8, 4) is 0 Å². The van der Waals surface area contributed by atoms with E-state index in [1.54, 1.807) is 22.7 Å². The molecule has 0 amide bonds. The number of hydrogen-bond donors (Lipinski definition) is 2. The van der Waals surface area contributed by atoms with Crippen molar-refractivity contribution in [3.63, 3.8) is 0 Å². The molecule has 0 spiro atoms. The first-order chi connectivity index (χ1) is 9.38. The second kappa shape index (κ2) is 6.08. The van der Waals surface area contributed by atoms with E-state index in [1.807, 2.05) is 29.6 Å². The van der Waals surface area contributed by atoms with Crippen LogP contribution in [0.3, 0.4) is 0 Å². The van der Waals surface area contributed by atoms with Crippen LogP contribution >= 0.6 is 22.7 Å². The molecule has 20 heavy (non-hydrogen) atoms. The molecule has 0 saturated carbocycles. The highest BCUT2D eigenvalue weighted by molar-refractivity contribution is 7.12. The summed E-state index contributed by atoms with van der Waals surface area (Å²) in [5.41, 5.74) is 0.0553. The number of aliphatic carboxylic acids is 1. The van der Waals surface area contributed by atoms with E-state index in [-0.39, 0.29) is 5.41 Å². The van der Waals surface area contributed by atoms with Gasteiger partial charge in [-0.2, -0.15) is 0 Å². The zero-order chi connectivity index (χ0) is 14.8. The predicted octanol–water partition coefficient (Wildman–Crippen LogP) is 4.02. The molecule has 0 aliphatic rings. The zero-order valence-corrected chi connectivity index (χ0v) is 13.5. The first-order valence-electron chi connectivity index (χ1n) is 6.46. The Morgan fingerprint density at radius 3 is 2.60 bits per heavy atom. The fourth-order valence-corrected chi connectivity index (χ4v) is 3.63. The first-order valence-corrected chi connectivity index (χ1v) is 8.16. The molecule has 0 bridgehead atoms. The summed E-state index contributed by atoms with van der Waals surface area (Å²) in [6.45, 7) is 6.99. The zero-order valence-electron chi connectivity index (χ0n) is 11.8. The minimum Gasteiger partial charge on any atom is -0.480 e. The lowest BCUT2D eigenvalue weighted by Crippen LogP contribution is -2.27. The van der Waals surface area contributed by atoms with Gasteiger partial charge in [0.15, 0.2) is 0 Å². The summed E-state index contributed by atoms with van der Waals surface area (Å²) in [7, 11) is 0. The Bertz CT molecular complexity index is 567. The highest BCUT2D eigenvalue weighted by Gasteiger charge is 2.24. The van der Waals surface area contributed by atoms with Gasteiger partial charge >= 0.3 is 5.97 Å². The van der Waals surface area contributed by atoms with Gasteiger partial charge in [-0.1, -0.05) is 26.8 Å².